The molecule has 1 rings (SSSR count). The van der Waals surface area contributed by atoms with Crippen LogP contribution in [-0.4, -0.2) is 30.3 Å². The maximum atomic E-state index is 11.8. The molecule has 0 aromatic heterocycles. The van der Waals surface area contributed by atoms with Crippen LogP contribution in [0.2, 0.25) is 0 Å². The maximum absolute atomic E-state index is 11.8. The molecule has 7 heteroatoms. The summed E-state index contributed by atoms with van der Waals surface area (Å²) in [4.78, 5) is 27.6. The Bertz CT molecular complexity index is 316. The maximum Gasteiger partial charge on any atom is 0.332 e. The van der Waals surface area contributed by atoms with Crippen LogP contribution in [-0.2, 0) is 19.2 Å². The van der Waals surface area contributed by atoms with E-state index in [0.29, 0.717) is 19.4 Å². The van der Waals surface area contributed by atoms with E-state index in [1.807, 2.05) is 12.4 Å². The molecule has 0 radical (unpaired) electrons. The number of carbonyl (C=O) groups excluding carboxylic acids is 2. The second-order valence-corrected chi connectivity index (χ2v) is 4.78. The molecule has 0 bridgehead atoms. The third kappa shape index (κ3) is 4.77. The highest BCUT2D eigenvalue weighted by molar-refractivity contribution is 5.83. The topological polar surface area (TPSA) is 117 Å². The summed E-state index contributed by atoms with van der Waals surface area (Å²) < 4.78 is 5.37. The SMILES string of the molecule is CCCCC(=O)ONC(=O)C(N)C1(N)CCCCO1. The second kappa shape index (κ2) is 7.42. The van der Waals surface area contributed by atoms with Crippen LogP contribution in [0.3, 0.4) is 0 Å². The molecule has 0 saturated carbocycles. The van der Waals surface area contributed by atoms with Crippen LogP contribution in [0, 0.1) is 0 Å². The van der Waals surface area contributed by atoms with Crippen LogP contribution >= 0.6 is 0 Å². The van der Waals surface area contributed by atoms with E-state index < -0.39 is 23.6 Å². The van der Waals surface area contributed by atoms with Gasteiger partial charge in [0.1, 0.15) is 11.8 Å². The van der Waals surface area contributed by atoms with Gasteiger partial charge in [-0.1, -0.05) is 13.3 Å². The summed E-state index contributed by atoms with van der Waals surface area (Å²) in [7, 11) is 0. The van der Waals surface area contributed by atoms with E-state index in [4.69, 9.17) is 16.2 Å². The molecule has 0 spiro atoms. The van der Waals surface area contributed by atoms with Gasteiger partial charge in [-0.2, -0.15) is 5.48 Å². The number of nitrogens with one attached hydrogen (secondary N) is 1. The lowest BCUT2D eigenvalue weighted by atomic mass is 9.96. The fourth-order valence-corrected chi connectivity index (χ4v) is 1.85. The van der Waals surface area contributed by atoms with E-state index in [-0.39, 0.29) is 6.42 Å². The van der Waals surface area contributed by atoms with Crippen LogP contribution < -0.4 is 16.9 Å². The minimum Gasteiger partial charge on any atom is -0.359 e. The number of rotatable bonds is 5. The van der Waals surface area contributed by atoms with Crippen molar-refractivity contribution in [2.24, 2.45) is 11.5 Å². The molecule has 0 aromatic carbocycles. The summed E-state index contributed by atoms with van der Waals surface area (Å²) in [6, 6.07) is -1.06. The smallest absolute Gasteiger partial charge is 0.332 e. The Balaban J connectivity index is 2.37. The quantitative estimate of drug-likeness (QED) is 0.604. The van der Waals surface area contributed by atoms with Gasteiger partial charge in [-0.05, 0) is 25.7 Å². The number of ether oxygens (including phenoxy) is 1. The number of carbonyl (C=O) groups is 2. The summed E-state index contributed by atoms with van der Waals surface area (Å²) in [5.41, 5.74) is 12.6. The van der Waals surface area contributed by atoms with Crippen molar-refractivity contribution in [2.75, 3.05) is 6.61 Å². The third-order valence-corrected chi connectivity index (χ3v) is 3.14. The Labute approximate surface area is 112 Å². The summed E-state index contributed by atoms with van der Waals surface area (Å²) in [6.45, 7) is 2.44. The lowest BCUT2D eigenvalue weighted by molar-refractivity contribution is -0.164. The molecule has 1 aliphatic heterocycles. The minimum atomic E-state index is -1.18. The molecule has 2 atom stereocenters. The molecule has 1 amide bonds. The molecule has 2 unspecified atom stereocenters. The van der Waals surface area contributed by atoms with E-state index in [9.17, 15) is 9.59 Å². The average Bonchev–Trinajstić information content (AvgIpc) is 2.42. The third-order valence-electron chi connectivity index (χ3n) is 3.14. The average molecular weight is 273 g/mol. The molecular formula is C12H23N3O4. The Morgan fingerprint density at radius 1 is 1.47 bits per heavy atom. The van der Waals surface area contributed by atoms with Gasteiger partial charge in [-0.3, -0.25) is 4.79 Å². The lowest BCUT2D eigenvalue weighted by Gasteiger charge is -2.37. The van der Waals surface area contributed by atoms with Crippen molar-refractivity contribution in [3.05, 3.63) is 0 Å². The zero-order chi connectivity index (χ0) is 14.3. The number of unbranched alkanes of at least 4 members (excludes halogenated alkanes) is 1. The summed E-state index contributed by atoms with van der Waals surface area (Å²) in [5.74, 6) is -1.13. The van der Waals surface area contributed by atoms with Gasteiger partial charge in [0.25, 0.3) is 5.91 Å². The Hall–Kier alpha value is -1.18. The standard InChI is InChI=1S/C12H23N3O4/c1-2-3-6-9(16)19-15-11(17)10(13)12(14)7-4-5-8-18-12/h10H,2-8,13-14H2,1H3,(H,15,17). The van der Waals surface area contributed by atoms with Crippen molar-refractivity contribution in [1.29, 1.82) is 0 Å². The number of hydrogen-bond acceptors (Lipinski definition) is 6. The van der Waals surface area contributed by atoms with E-state index in [1.54, 1.807) is 0 Å². The van der Waals surface area contributed by atoms with Crippen molar-refractivity contribution in [2.45, 2.75) is 57.2 Å². The van der Waals surface area contributed by atoms with E-state index >= 15 is 0 Å². The number of hydroxylamine groups is 1. The zero-order valence-electron chi connectivity index (χ0n) is 11.3. The minimum absolute atomic E-state index is 0.260. The van der Waals surface area contributed by atoms with Crippen molar-refractivity contribution < 1.29 is 19.2 Å². The van der Waals surface area contributed by atoms with Crippen molar-refractivity contribution in [3.8, 4) is 0 Å². The Morgan fingerprint density at radius 3 is 2.79 bits per heavy atom. The summed E-state index contributed by atoms with van der Waals surface area (Å²) in [5, 5.41) is 0. The largest absolute Gasteiger partial charge is 0.359 e. The molecular weight excluding hydrogens is 250 g/mol. The number of amides is 1. The highest BCUT2D eigenvalue weighted by Gasteiger charge is 2.40. The number of nitrogens with two attached hydrogens (primary N) is 2. The highest BCUT2D eigenvalue weighted by Crippen LogP contribution is 2.22. The molecule has 5 N–H and O–H groups in total. The normalized spacial score (nSPS) is 24.6. The number of hydrogen-bond donors (Lipinski definition) is 3. The first-order valence-electron chi connectivity index (χ1n) is 6.67. The van der Waals surface area contributed by atoms with Crippen LogP contribution in [0.15, 0.2) is 0 Å². The van der Waals surface area contributed by atoms with Crippen molar-refractivity contribution in [1.82, 2.24) is 5.48 Å². The predicted octanol–water partition coefficient (Wildman–Crippen LogP) is -0.0662. The van der Waals surface area contributed by atoms with E-state index in [1.165, 1.54) is 0 Å². The molecule has 0 aromatic rings. The van der Waals surface area contributed by atoms with E-state index in [2.05, 4.69) is 4.84 Å². The Morgan fingerprint density at radius 2 is 2.21 bits per heavy atom. The first-order chi connectivity index (χ1) is 8.99. The highest BCUT2D eigenvalue weighted by atomic mass is 16.7. The zero-order valence-corrected chi connectivity index (χ0v) is 11.3. The van der Waals surface area contributed by atoms with Gasteiger partial charge in [0.2, 0.25) is 0 Å². The fourth-order valence-electron chi connectivity index (χ4n) is 1.85. The van der Waals surface area contributed by atoms with Gasteiger partial charge in [-0.15, -0.1) is 0 Å². The first kappa shape index (κ1) is 15.9. The monoisotopic (exact) mass is 273 g/mol. The van der Waals surface area contributed by atoms with Gasteiger partial charge in [0, 0.05) is 13.0 Å². The van der Waals surface area contributed by atoms with Crippen LogP contribution in [0.4, 0.5) is 0 Å². The van der Waals surface area contributed by atoms with Gasteiger partial charge >= 0.3 is 5.97 Å². The van der Waals surface area contributed by atoms with Crippen LogP contribution in [0.1, 0.15) is 45.4 Å². The Kier molecular flexibility index (Phi) is 6.20. The molecule has 1 heterocycles. The lowest BCUT2D eigenvalue weighted by Crippen LogP contribution is -2.64. The molecule has 7 nitrogen and oxygen atoms in total. The summed E-state index contributed by atoms with van der Waals surface area (Å²) in [6.07, 6.45) is 4.11. The molecule has 0 aliphatic carbocycles. The molecule has 19 heavy (non-hydrogen) atoms. The second-order valence-electron chi connectivity index (χ2n) is 4.78. The van der Waals surface area contributed by atoms with Crippen molar-refractivity contribution >= 4 is 11.9 Å². The van der Waals surface area contributed by atoms with Crippen molar-refractivity contribution in [3.63, 3.8) is 0 Å². The molecule has 1 fully saturated rings. The molecule has 1 aliphatic rings. The summed E-state index contributed by atoms with van der Waals surface area (Å²) >= 11 is 0. The van der Waals surface area contributed by atoms with Gasteiger partial charge in [0.15, 0.2) is 0 Å². The van der Waals surface area contributed by atoms with Crippen LogP contribution in [0.5, 0.6) is 0 Å². The van der Waals surface area contributed by atoms with Gasteiger partial charge in [0.05, 0.1) is 0 Å². The first-order valence-corrected chi connectivity index (χ1v) is 6.67. The van der Waals surface area contributed by atoms with Gasteiger partial charge < -0.3 is 21.0 Å². The molecule has 1 saturated heterocycles. The predicted molar refractivity (Wildman–Crippen MR) is 68.5 cm³/mol. The van der Waals surface area contributed by atoms with Crippen LogP contribution in [0.25, 0.3) is 0 Å². The van der Waals surface area contributed by atoms with E-state index in [0.717, 1.165) is 19.3 Å². The molecule has 110 valence electrons. The van der Waals surface area contributed by atoms with Gasteiger partial charge in [-0.25, -0.2) is 4.79 Å². The fraction of sp³-hybridized carbons (Fsp3) is 0.833.